The van der Waals surface area contributed by atoms with Gasteiger partial charge < -0.3 is 15.7 Å². The largest absolute Gasteiger partial charge is 0.387 e. The number of piperidine rings is 1. The molecule has 1 saturated heterocycles. The number of carbonyl (C=O) groups excluding carboxylic acids is 1. The molecule has 3 atom stereocenters. The van der Waals surface area contributed by atoms with Crippen LogP contribution in [0.2, 0.25) is 0 Å². The summed E-state index contributed by atoms with van der Waals surface area (Å²) in [5.41, 5.74) is 7.67. The monoisotopic (exact) mass is 300 g/mol. The predicted molar refractivity (Wildman–Crippen MR) is 84.8 cm³/mol. The molecule has 0 spiro atoms. The van der Waals surface area contributed by atoms with E-state index < -0.39 is 5.60 Å². The molecule has 4 nitrogen and oxygen atoms in total. The highest BCUT2D eigenvalue weighted by Crippen LogP contribution is 2.57. The fourth-order valence-corrected chi connectivity index (χ4v) is 5.38. The number of amides is 1. The van der Waals surface area contributed by atoms with Crippen LogP contribution in [-0.4, -0.2) is 41.1 Å². The third kappa shape index (κ3) is 1.62. The summed E-state index contributed by atoms with van der Waals surface area (Å²) in [6, 6.07) is 6.04. The van der Waals surface area contributed by atoms with Crippen LogP contribution >= 0.6 is 0 Å². The van der Waals surface area contributed by atoms with E-state index in [4.69, 9.17) is 5.73 Å². The minimum Gasteiger partial charge on any atom is -0.387 e. The second-order valence-corrected chi connectivity index (χ2v) is 7.40. The van der Waals surface area contributed by atoms with Crippen molar-refractivity contribution in [3.05, 3.63) is 34.9 Å². The summed E-state index contributed by atoms with van der Waals surface area (Å²) in [6.07, 6.45) is 5.95. The lowest BCUT2D eigenvalue weighted by Gasteiger charge is -2.63. The van der Waals surface area contributed by atoms with Crippen molar-refractivity contribution >= 4 is 5.91 Å². The third-order valence-corrected chi connectivity index (χ3v) is 6.54. The number of aliphatic hydroxyl groups is 1. The van der Waals surface area contributed by atoms with Crippen LogP contribution in [0.15, 0.2) is 18.2 Å². The van der Waals surface area contributed by atoms with Crippen LogP contribution in [0.4, 0.5) is 0 Å². The molecular formula is C18H24N2O2. The molecule has 2 bridgehead atoms. The quantitative estimate of drug-likeness (QED) is 0.827. The van der Waals surface area contributed by atoms with E-state index in [2.05, 4.69) is 18.0 Å². The van der Waals surface area contributed by atoms with Crippen molar-refractivity contribution in [2.24, 2.45) is 5.73 Å². The molecule has 3 N–H and O–H groups in total. The van der Waals surface area contributed by atoms with Crippen molar-refractivity contribution in [2.75, 3.05) is 13.6 Å². The first kappa shape index (κ1) is 14.2. The van der Waals surface area contributed by atoms with Gasteiger partial charge in [0, 0.05) is 17.0 Å². The van der Waals surface area contributed by atoms with Crippen LogP contribution in [0.3, 0.4) is 0 Å². The van der Waals surface area contributed by atoms with Crippen LogP contribution in [0.5, 0.6) is 0 Å². The molecule has 1 aromatic carbocycles. The van der Waals surface area contributed by atoms with Crippen LogP contribution in [0, 0.1) is 0 Å². The van der Waals surface area contributed by atoms with E-state index in [1.807, 2.05) is 12.1 Å². The van der Waals surface area contributed by atoms with Crippen molar-refractivity contribution in [3.8, 4) is 0 Å². The summed E-state index contributed by atoms with van der Waals surface area (Å²) in [7, 11) is 2.13. The highest BCUT2D eigenvalue weighted by Gasteiger charge is 2.62. The Morgan fingerprint density at radius 2 is 2.09 bits per heavy atom. The number of nitrogens with two attached hydrogens (primary N) is 1. The zero-order valence-electron chi connectivity index (χ0n) is 13.1. The highest BCUT2D eigenvalue weighted by molar-refractivity contribution is 5.93. The number of benzene rings is 1. The van der Waals surface area contributed by atoms with Gasteiger partial charge in [-0.2, -0.15) is 0 Å². The Morgan fingerprint density at radius 1 is 1.32 bits per heavy atom. The second kappa shape index (κ2) is 4.56. The van der Waals surface area contributed by atoms with Crippen LogP contribution in [0.25, 0.3) is 0 Å². The number of carbonyl (C=O) groups is 1. The molecule has 0 aromatic heterocycles. The summed E-state index contributed by atoms with van der Waals surface area (Å²) in [6.45, 7) is 1.01. The zero-order chi connectivity index (χ0) is 15.5. The summed E-state index contributed by atoms with van der Waals surface area (Å²) in [5, 5.41) is 11.7. The van der Waals surface area contributed by atoms with Crippen molar-refractivity contribution in [3.63, 3.8) is 0 Å². The molecule has 22 heavy (non-hydrogen) atoms. The first-order valence-corrected chi connectivity index (χ1v) is 8.34. The number of rotatable bonds is 1. The van der Waals surface area contributed by atoms with Crippen molar-refractivity contribution in [1.82, 2.24) is 4.90 Å². The normalized spacial score (nSPS) is 37.3. The fraction of sp³-hybridized carbons (Fsp3) is 0.611. The number of hydrogen-bond acceptors (Lipinski definition) is 3. The molecule has 2 fully saturated rings. The minimum absolute atomic E-state index is 0.188. The van der Waals surface area contributed by atoms with E-state index in [-0.39, 0.29) is 17.4 Å². The van der Waals surface area contributed by atoms with E-state index in [0.29, 0.717) is 5.56 Å². The van der Waals surface area contributed by atoms with E-state index in [1.165, 1.54) is 11.1 Å². The molecule has 1 saturated carbocycles. The number of nitrogens with zero attached hydrogens (tertiary/aromatic N) is 1. The minimum atomic E-state index is -0.665. The van der Waals surface area contributed by atoms with Crippen LogP contribution in [-0.2, 0) is 11.8 Å². The first-order valence-electron chi connectivity index (χ1n) is 8.34. The van der Waals surface area contributed by atoms with Crippen LogP contribution < -0.4 is 5.73 Å². The van der Waals surface area contributed by atoms with Crippen molar-refractivity contribution < 1.29 is 9.90 Å². The third-order valence-electron chi connectivity index (χ3n) is 6.54. The second-order valence-electron chi connectivity index (χ2n) is 7.40. The number of primary amides is 1. The Balaban J connectivity index is 1.94. The number of fused-ring (bicyclic) bond motifs is 1. The Morgan fingerprint density at radius 3 is 2.86 bits per heavy atom. The fourth-order valence-electron chi connectivity index (χ4n) is 5.38. The molecule has 3 unspecified atom stereocenters. The molecular weight excluding hydrogens is 276 g/mol. The predicted octanol–water partition coefficient (Wildman–Crippen LogP) is 1.59. The molecule has 1 heterocycles. The average molecular weight is 300 g/mol. The van der Waals surface area contributed by atoms with Gasteiger partial charge in [0.05, 0.1) is 5.60 Å². The number of likely N-dealkylation sites (tertiary alicyclic amines) is 1. The Bertz CT molecular complexity index is 644. The highest BCUT2D eigenvalue weighted by atomic mass is 16.3. The Labute approximate surface area is 131 Å². The maximum absolute atomic E-state index is 11.7. The molecule has 2 aliphatic carbocycles. The van der Waals surface area contributed by atoms with Gasteiger partial charge in [-0.3, -0.25) is 4.79 Å². The Kier molecular flexibility index (Phi) is 2.94. The molecule has 1 aliphatic heterocycles. The van der Waals surface area contributed by atoms with Crippen molar-refractivity contribution in [1.29, 1.82) is 0 Å². The topological polar surface area (TPSA) is 66.6 Å². The molecule has 4 rings (SSSR count). The zero-order valence-corrected chi connectivity index (χ0v) is 13.1. The van der Waals surface area contributed by atoms with Gasteiger partial charge in [-0.15, -0.1) is 0 Å². The van der Waals surface area contributed by atoms with E-state index in [9.17, 15) is 9.90 Å². The van der Waals surface area contributed by atoms with Gasteiger partial charge in [0.2, 0.25) is 5.91 Å². The van der Waals surface area contributed by atoms with Gasteiger partial charge in [-0.1, -0.05) is 18.9 Å². The molecule has 0 radical (unpaired) electrons. The molecule has 1 aromatic rings. The molecule has 1 amide bonds. The standard InChI is InChI=1S/C18H24N2O2/c1-20-9-8-17-6-2-3-7-18(17,22)15(20)11-12-4-5-13(16(19)21)10-14(12)17/h4-5,10,15,22H,2-3,6-9,11H2,1H3,(H2,19,21). The van der Waals surface area contributed by atoms with E-state index >= 15 is 0 Å². The maximum Gasteiger partial charge on any atom is 0.248 e. The average Bonchev–Trinajstić information content (AvgIpc) is 2.50. The molecule has 3 aliphatic rings. The maximum atomic E-state index is 11.7. The van der Waals surface area contributed by atoms with E-state index in [1.54, 1.807) is 0 Å². The summed E-state index contributed by atoms with van der Waals surface area (Å²) in [4.78, 5) is 13.9. The lowest BCUT2D eigenvalue weighted by Crippen LogP contribution is -2.71. The lowest BCUT2D eigenvalue weighted by atomic mass is 9.49. The SMILES string of the molecule is CN1CCC23CCCCC2(O)C1Cc1ccc(C(N)=O)cc13. The number of hydrogen-bond donors (Lipinski definition) is 2. The molecule has 4 heteroatoms. The summed E-state index contributed by atoms with van der Waals surface area (Å²) < 4.78 is 0. The van der Waals surface area contributed by atoms with E-state index in [0.717, 1.165) is 45.1 Å². The lowest BCUT2D eigenvalue weighted by molar-refractivity contribution is -0.160. The van der Waals surface area contributed by atoms with Crippen LogP contribution in [0.1, 0.15) is 53.6 Å². The Hall–Kier alpha value is -1.39. The number of likely N-dealkylation sites (N-methyl/N-ethyl adjacent to an activating group) is 1. The molecule has 118 valence electrons. The summed E-state index contributed by atoms with van der Waals surface area (Å²) in [5.74, 6) is -0.381. The van der Waals surface area contributed by atoms with Gasteiger partial charge in [0.1, 0.15) is 0 Å². The van der Waals surface area contributed by atoms with Gasteiger partial charge in [0.25, 0.3) is 0 Å². The summed E-state index contributed by atoms with van der Waals surface area (Å²) >= 11 is 0. The van der Waals surface area contributed by atoms with Gasteiger partial charge >= 0.3 is 0 Å². The van der Waals surface area contributed by atoms with Crippen molar-refractivity contribution in [2.45, 2.75) is 55.6 Å². The van der Waals surface area contributed by atoms with Gasteiger partial charge in [-0.05, 0) is 62.5 Å². The smallest absolute Gasteiger partial charge is 0.248 e. The van der Waals surface area contributed by atoms with Gasteiger partial charge in [0.15, 0.2) is 0 Å². The van der Waals surface area contributed by atoms with Gasteiger partial charge in [-0.25, -0.2) is 0 Å². The first-order chi connectivity index (χ1) is 10.5.